The minimum Gasteiger partial charge on any atom is -0.346 e. The fourth-order valence-electron chi connectivity index (χ4n) is 1.34. The summed E-state index contributed by atoms with van der Waals surface area (Å²) in [5, 5.41) is 5.52. The molecule has 88 valence electrons. The molecule has 0 radical (unpaired) electrons. The Bertz CT molecular complexity index is 522. The summed E-state index contributed by atoms with van der Waals surface area (Å²) in [6, 6.07) is 5.44. The lowest BCUT2D eigenvalue weighted by molar-refractivity contribution is 0.0951. The zero-order valence-electron chi connectivity index (χ0n) is 9.24. The van der Waals surface area contributed by atoms with E-state index in [1.165, 1.54) is 35.6 Å². The Kier molecular flexibility index (Phi) is 3.49. The zero-order valence-corrected chi connectivity index (χ0v) is 10.1. The van der Waals surface area contributed by atoms with Crippen LogP contribution in [0.2, 0.25) is 0 Å². The molecule has 1 N–H and O–H groups in total. The van der Waals surface area contributed by atoms with Gasteiger partial charge in [-0.05, 0) is 31.2 Å². The molecule has 17 heavy (non-hydrogen) atoms. The smallest absolute Gasteiger partial charge is 0.251 e. The van der Waals surface area contributed by atoms with E-state index in [0.717, 1.165) is 10.7 Å². The number of thiazole rings is 1. The summed E-state index contributed by atoms with van der Waals surface area (Å²) in [5.41, 5.74) is 1.39. The van der Waals surface area contributed by atoms with Crippen molar-refractivity contribution in [3.63, 3.8) is 0 Å². The molecular weight excluding hydrogens is 239 g/mol. The van der Waals surface area contributed by atoms with Crippen LogP contribution in [-0.4, -0.2) is 10.9 Å². The molecule has 0 saturated heterocycles. The van der Waals surface area contributed by atoms with Crippen LogP contribution in [-0.2, 0) is 6.54 Å². The van der Waals surface area contributed by atoms with Gasteiger partial charge in [-0.15, -0.1) is 11.3 Å². The molecule has 0 aliphatic rings. The van der Waals surface area contributed by atoms with E-state index in [4.69, 9.17) is 0 Å². The van der Waals surface area contributed by atoms with Crippen molar-refractivity contribution >= 4 is 17.2 Å². The van der Waals surface area contributed by atoms with Gasteiger partial charge in [-0.3, -0.25) is 4.79 Å². The van der Waals surface area contributed by atoms with E-state index in [-0.39, 0.29) is 11.7 Å². The highest BCUT2D eigenvalue weighted by Gasteiger charge is 2.06. The van der Waals surface area contributed by atoms with Gasteiger partial charge in [-0.2, -0.15) is 0 Å². The van der Waals surface area contributed by atoms with Gasteiger partial charge in [-0.1, -0.05) is 0 Å². The molecule has 0 bridgehead atoms. The summed E-state index contributed by atoms with van der Waals surface area (Å²) in [4.78, 5) is 15.9. The number of nitrogens with one attached hydrogen (secondary N) is 1. The summed E-state index contributed by atoms with van der Waals surface area (Å²) < 4.78 is 12.7. The molecule has 1 amide bonds. The van der Waals surface area contributed by atoms with Gasteiger partial charge in [0.15, 0.2) is 0 Å². The van der Waals surface area contributed by atoms with Crippen molar-refractivity contribution in [2.24, 2.45) is 0 Å². The molecule has 2 aromatic rings. The van der Waals surface area contributed by atoms with Crippen molar-refractivity contribution in [3.8, 4) is 0 Å². The highest BCUT2D eigenvalue weighted by molar-refractivity contribution is 7.09. The molecule has 3 nitrogen and oxygen atoms in total. The van der Waals surface area contributed by atoms with Crippen molar-refractivity contribution in [2.75, 3.05) is 0 Å². The van der Waals surface area contributed by atoms with E-state index >= 15 is 0 Å². The number of nitrogens with zero attached hydrogens (tertiary/aromatic N) is 1. The zero-order chi connectivity index (χ0) is 12.3. The van der Waals surface area contributed by atoms with Crippen LogP contribution in [0, 0.1) is 12.7 Å². The first-order valence-electron chi connectivity index (χ1n) is 5.10. The third-order valence-electron chi connectivity index (χ3n) is 2.17. The molecule has 0 spiro atoms. The lowest BCUT2D eigenvalue weighted by Crippen LogP contribution is -2.22. The number of benzene rings is 1. The SMILES string of the molecule is Cc1csc(CNC(=O)c2ccc(F)cc2)n1. The number of carbonyl (C=O) groups is 1. The van der Waals surface area contributed by atoms with E-state index < -0.39 is 0 Å². The average molecular weight is 250 g/mol. The molecule has 0 atom stereocenters. The maximum absolute atomic E-state index is 12.7. The molecule has 1 aromatic heterocycles. The molecule has 0 aliphatic heterocycles. The summed E-state index contributed by atoms with van der Waals surface area (Å²) in [5.74, 6) is -0.574. The van der Waals surface area contributed by atoms with Crippen LogP contribution in [0.4, 0.5) is 4.39 Å². The van der Waals surface area contributed by atoms with Crippen LogP contribution in [0.25, 0.3) is 0 Å². The van der Waals surface area contributed by atoms with Crippen molar-refractivity contribution < 1.29 is 9.18 Å². The number of hydrogen-bond acceptors (Lipinski definition) is 3. The van der Waals surface area contributed by atoms with E-state index in [1.54, 1.807) is 0 Å². The first-order chi connectivity index (χ1) is 8.15. The van der Waals surface area contributed by atoms with Gasteiger partial charge < -0.3 is 5.32 Å². The quantitative estimate of drug-likeness (QED) is 0.909. The lowest BCUT2D eigenvalue weighted by atomic mass is 10.2. The number of aromatic nitrogens is 1. The molecule has 0 aliphatic carbocycles. The molecule has 5 heteroatoms. The number of halogens is 1. The second-order valence-corrected chi connectivity index (χ2v) is 4.51. The Hall–Kier alpha value is -1.75. The van der Waals surface area contributed by atoms with Gasteiger partial charge in [0.25, 0.3) is 5.91 Å². The Morgan fingerprint density at radius 2 is 2.12 bits per heavy atom. The summed E-state index contributed by atoms with van der Waals surface area (Å²) in [6.45, 7) is 2.30. The maximum Gasteiger partial charge on any atom is 0.251 e. The fourth-order valence-corrected chi connectivity index (χ4v) is 2.05. The lowest BCUT2D eigenvalue weighted by Gasteiger charge is -2.02. The molecule has 0 fully saturated rings. The Morgan fingerprint density at radius 3 is 2.71 bits per heavy atom. The molecule has 1 aromatic carbocycles. The molecule has 1 heterocycles. The highest BCUT2D eigenvalue weighted by Crippen LogP contribution is 2.08. The molecule has 2 rings (SSSR count). The van der Waals surface area contributed by atoms with Crippen LogP contribution in [0.5, 0.6) is 0 Å². The predicted molar refractivity (Wildman–Crippen MR) is 64.4 cm³/mol. The maximum atomic E-state index is 12.7. The van der Waals surface area contributed by atoms with Crippen LogP contribution in [0.15, 0.2) is 29.6 Å². The van der Waals surface area contributed by atoms with E-state index in [1.807, 2.05) is 12.3 Å². The van der Waals surface area contributed by atoms with E-state index in [2.05, 4.69) is 10.3 Å². The number of aryl methyl sites for hydroxylation is 1. The third-order valence-corrected chi connectivity index (χ3v) is 3.14. The Labute approximate surface area is 102 Å². The second kappa shape index (κ2) is 5.05. The van der Waals surface area contributed by atoms with Gasteiger partial charge in [0, 0.05) is 16.6 Å². The minimum atomic E-state index is -0.350. The van der Waals surface area contributed by atoms with Gasteiger partial charge >= 0.3 is 0 Å². The van der Waals surface area contributed by atoms with Crippen molar-refractivity contribution in [2.45, 2.75) is 13.5 Å². The summed E-state index contributed by atoms with van der Waals surface area (Å²) in [6.07, 6.45) is 0. The second-order valence-electron chi connectivity index (χ2n) is 3.57. The standard InChI is InChI=1S/C12H11FN2OS/c1-8-7-17-11(15-8)6-14-12(16)9-2-4-10(13)5-3-9/h2-5,7H,6H2,1H3,(H,14,16). The fraction of sp³-hybridized carbons (Fsp3) is 0.167. The molecule has 0 saturated carbocycles. The topological polar surface area (TPSA) is 42.0 Å². The summed E-state index contributed by atoms with van der Waals surface area (Å²) in [7, 11) is 0. The van der Waals surface area contributed by atoms with Crippen molar-refractivity contribution in [1.82, 2.24) is 10.3 Å². The number of hydrogen-bond donors (Lipinski definition) is 1. The van der Waals surface area contributed by atoms with Crippen LogP contribution in [0.1, 0.15) is 21.1 Å². The highest BCUT2D eigenvalue weighted by atomic mass is 32.1. The number of amides is 1. The minimum absolute atomic E-state index is 0.224. The Balaban J connectivity index is 1.95. The normalized spacial score (nSPS) is 10.2. The van der Waals surface area contributed by atoms with Gasteiger partial charge in [0.2, 0.25) is 0 Å². The van der Waals surface area contributed by atoms with Crippen LogP contribution >= 0.6 is 11.3 Å². The first-order valence-corrected chi connectivity index (χ1v) is 5.98. The predicted octanol–water partition coefficient (Wildman–Crippen LogP) is 2.52. The summed E-state index contributed by atoms with van der Waals surface area (Å²) >= 11 is 1.50. The van der Waals surface area contributed by atoms with Crippen LogP contribution < -0.4 is 5.32 Å². The average Bonchev–Trinajstić information content (AvgIpc) is 2.73. The third kappa shape index (κ3) is 3.10. The number of carbonyl (C=O) groups excluding carboxylic acids is 1. The van der Waals surface area contributed by atoms with Gasteiger partial charge in [0.1, 0.15) is 10.8 Å². The van der Waals surface area contributed by atoms with E-state index in [9.17, 15) is 9.18 Å². The van der Waals surface area contributed by atoms with Crippen LogP contribution in [0.3, 0.4) is 0 Å². The van der Waals surface area contributed by atoms with Gasteiger partial charge in [-0.25, -0.2) is 9.37 Å². The first kappa shape index (κ1) is 11.7. The van der Waals surface area contributed by atoms with Crippen molar-refractivity contribution in [3.05, 3.63) is 51.7 Å². The van der Waals surface area contributed by atoms with E-state index in [0.29, 0.717) is 12.1 Å². The monoisotopic (exact) mass is 250 g/mol. The van der Waals surface area contributed by atoms with Crippen molar-refractivity contribution in [1.29, 1.82) is 0 Å². The van der Waals surface area contributed by atoms with Gasteiger partial charge in [0.05, 0.1) is 6.54 Å². The largest absolute Gasteiger partial charge is 0.346 e. The Morgan fingerprint density at radius 1 is 1.41 bits per heavy atom. The number of rotatable bonds is 3. The molecule has 0 unspecified atom stereocenters. The molecular formula is C12H11FN2OS.